The van der Waals surface area contributed by atoms with Crippen molar-refractivity contribution >= 4 is 34.5 Å². The summed E-state index contributed by atoms with van der Waals surface area (Å²) in [5, 5.41) is 0. The molecule has 0 saturated heterocycles. The normalized spacial score (nSPS) is 14.7. The Bertz CT molecular complexity index is 506. The SMILES string of the molecule is C=C1C=C(SC)Cc2sc(C(C)=O)c(C)c21. The lowest BCUT2D eigenvalue weighted by Gasteiger charge is -2.14. The number of thiophene rings is 1. The van der Waals surface area contributed by atoms with Crippen LogP contribution < -0.4 is 0 Å². The van der Waals surface area contributed by atoms with Crippen LogP contribution in [0.3, 0.4) is 0 Å². The summed E-state index contributed by atoms with van der Waals surface area (Å²) in [7, 11) is 0. The maximum Gasteiger partial charge on any atom is 0.170 e. The Morgan fingerprint density at radius 3 is 2.81 bits per heavy atom. The minimum Gasteiger partial charge on any atom is -0.294 e. The van der Waals surface area contributed by atoms with Crippen LogP contribution >= 0.6 is 23.1 Å². The fourth-order valence-electron chi connectivity index (χ4n) is 2.06. The standard InChI is InChI=1S/C13H14OS2/c1-7-5-10(15-4)6-11-12(7)8(2)13(16-11)9(3)14/h5H,1,6H2,2-4H3. The van der Waals surface area contributed by atoms with Gasteiger partial charge in [0.05, 0.1) is 4.88 Å². The van der Waals surface area contributed by atoms with Gasteiger partial charge in [0, 0.05) is 11.3 Å². The summed E-state index contributed by atoms with van der Waals surface area (Å²) >= 11 is 3.39. The summed E-state index contributed by atoms with van der Waals surface area (Å²) in [6, 6.07) is 0. The van der Waals surface area contributed by atoms with E-state index in [0.717, 1.165) is 22.4 Å². The van der Waals surface area contributed by atoms with E-state index in [1.807, 2.05) is 6.92 Å². The number of hydrogen-bond donors (Lipinski definition) is 0. The number of allylic oxidation sites excluding steroid dienone is 3. The van der Waals surface area contributed by atoms with Gasteiger partial charge < -0.3 is 0 Å². The average molecular weight is 250 g/mol. The van der Waals surface area contributed by atoms with E-state index in [2.05, 4.69) is 18.9 Å². The molecule has 0 N–H and O–H groups in total. The van der Waals surface area contributed by atoms with Crippen LogP contribution in [-0.4, -0.2) is 12.0 Å². The molecule has 1 aliphatic rings. The lowest BCUT2D eigenvalue weighted by atomic mass is 9.96. The molecule has 0 bridgehead atoms. The third-order valence-electron chi connectivity index (χ3n) is 2.79. The van der Waals surface area contributed by atoms with Crippen LogP contribution in [0.4, 0.5) is 0 Å². The Morgan fingerprint density at radius 1 is 1.56 bits per heavy atom. The first-order valence-corrected chi connectivity index (χ1v) is 7.15. The third kappa shape index (κ3) is 1.78. The Kier molecular flexibility index (Phi) is 3.08. The van der Waals surface area contributed by atoms with E-state index in [4.69, 9.17) is 0 Å². The first kappa shape index (κ1) is 11.7. The second-order valence-corrected chi connectivity index (χ2v) is 5.97. The molecular weight excluding hydrogens is 236 g/mol. The fraction of sp³-hybridized carbons (Fsp3) is 0.308. The Labute approximate surface area is 104 Å². The van der Waals surface area contributed by atoms with Crippen molar-refractivity contribution in [3.63, 3.8) is 0 Å². The zero-order chi connectivity index (χ0) is 11.9. The van der Waals surface area contributed by atoms with Crippen molar-refractivity contribution in [2.75, 3.05) is 6.26 Å². The highest BCUT2D eigenvalue weighted by molar-refractivity contribution is 8.02. The first-order chi connectivity index (χ1) is 7.54. The van der Waals surface area contributed by atoms with Crippen molar-refractivity contribution < 1.29 is 4.79 Å². The van der Waals surface area contributed by atoms with E-state index in [-0.39, 0.29) is 5.78 Å². The monoisotopic (exact) mass is 250 g/mol. The summed E-state index contributed by atoms with van der Waals surface area (Å²) in [5.74, 6) is 0.162. The highest BCUT2D eigenvalue weighted by Gasteiger charge is 2.22. The zero-order valence-electron chi connectivity index (χ0n) is 9.72. The van der Waals surface area contributed by atoms with E-state index in [1.54, 1.807) is 30.0 Å². The molecule has 0 aliphatic heterocycles. The molecule has 0 saturated carbocycles. The molecule has 1 aromatic rings. The van der Waals surface area contributed by atoms with Crippen molar-refractivity contribution in [2.45, 2.75) is 20.3 Å². The van der Waals surface area contributed by atoms with Gasteiger partial charge in [-0.05, 0) is 47.8 Å². The molecule has 0 aromatic carbocycles. The van der Waals surface area contributed by atoms with Crippen molar-refractivity contribution in [2.24, 2.45) is 0 Å². The molecule has 84 valence electrons. The zero-order valence-corrected chi connectivity index (χ0v) is 11.3. The van der Waals surface area contributed by atoms with Crippen LogP contribution in [0.2, 0.25) is 0 Å². The largest absolute Gasteiger partial charge is 0.294 e. The molecule has 0 spiro atoms. The minimum absolute atomic E-state index is 0.162. The fourth-order valence-corrected chi connectivity index (χ4v) is 3.96. The maximum absolute atomic E-state index is 11.5. The minimum atomic E-state index is 0.162. The lowest BCUT2D eigenvalue weighted by Crippen LogP contribution is -1.97. The van der Waals surface area contributed by atoms with Crippen molar-refractivity contribution in [3.05, 3.63) is 38.4 Å². The Morgan fingerprint density at radius 2 is 2.25 bits per heavy atom. The van der Waals surface area contributed by atoms with Gasteiger partial charge in [-0.3, -0.25) is 4.79 Å². The van der Waals surface area contributed by atoms with E-state index >= 15 is 0 Å². The molecule has 1 heterocycles. The number of Topliss-reactive ketones (excluding diaryl/α,β-unsaturated/α-hetero) is 1. The van der Waals surface area contributed by atoms with Gasteiger partial charge in [0.2, 0.25) is 0 Å². The van der Waals surface area contributed by atoms with Gasteiger partial charge in [-0.25, -0.2) is 0 Å². The number of carbonyl (C=O) groups is 1. The van der Waals surface area contributed by atoms with E-state index in [1.165, 1.54) is 15.3 Å². The summed E-state index contributed by atoms with van der Waals surface area (Å²) in [6.07, 6.45) is 5.17. The smallest absolute Gasteiger partial charge is 0.170 e. The van der Waals surface area contributed by atoms with Gasteiger partial charge in [0.25, 0.3) is 0 Å². The van der Waals surface area contributed by atoms with Gasteiger partial charge in [-0.1, -0.05) is 6.58 Å². The summed E-state index contributed by atoms with van der Waals surface area (Å²) in [4.78, 5) is 15.0. The number of rotatable bonds is 2. The van der Waals surface area contributed by atoms with Crippen LogP contribution in [0.25, 0.3) is 5.57 Å². The van der Waals surface area contributed by atoms with E-state index in [9.17, 15) is 4.79 Å². The lowest BCUT2D eigenvalue weighted by molar-refractivity contribution is 0.102. The first-order valence-electron chi connectivity index (χ1n) is 5.11. The Balaban J connectivity index is 2.54. The van der Waals surface area contributed by atoms with Crippen LogP contribution in [0, 0.1) is 6.92 Å². The average Bonchev–Trinajstić information content (AvgIpc) is 2.56. The third-order valence-corrected chi connectivity index (χ3v) is 4.97. The Hall–Kier alpha value is -0.800. The number of hydrogen-bond acceptors (Lipinski definition) is 3. The molecule has 1 aromatic heterocycles. The van der Waals surface area contributed by atoms with Crippen molar-refractivity contribution in [3.8, 4) is 0 Å². The highest BCUT2D eigenvalue weighted by atomic mass is 32.2. The summed E-state index contributed by atoms with van der Waals surface area (Å²) < 4.78 is 0. The molecule has 0 atom stereocenters. The van der Waals surface area contributed by atoms with E-state index in [0.29, 0.717) is 0 Å². The van der Waals surface area contributed by atoms with Crippen molar-refractivity contribution in [1.82, 2.24) is 0 Å². The van der Waals surface area contributed by atoms with Crippen LogP contribution in [0.5, 0.6) is 0 Å². The van der Waals surface area contributed by atoms with Crippen LogP contribution in [0.15, 0.2) is 17.6 Å². The molecule has 3 heteroatoms. The molecule has 1 nitrogen and oxygen atoms in total. The molecule has 0 fully saturated rings. The summed E-state index contributed by atoms with van der Waals surface area (Å²) in [6.45, 7) is 7.75. The molecule has 2 rings (SSSR count). The van der Waals surface area contributed by atoms with Crippen LogP contribution in [0.1, 0.15) is 32.6 Å². The van der Waals surface area contributed by atoms with Gasteiger partial charge in [-0.15, -0.1) is 23.1 Å². The predicted octanol–water partition coefficient (Wildman–Crippen LogP) is 4.08. The van der Waals surface area contributed by atoms with Gasteiger partial charge in [0.15, 0.2) is 5.78 Å². The molecule has 1 aliphatic carbocycles. The maximum atomic E-state index is 11.5. The predicted molar refractivity (Wildman–Crippen MR) is 73.4 cm³/mol. The number of thioether (sulfide) groups is 1. The second kappa shape index (κ2) is 4.22. The highest BCUT2D eigenvalue weighted by Crippen LogP contribution is 2.40. The topological polar surface area (TPSA) is 17.1 Å². The molecule has 0 unspecified atom stereocenters. The summed E-state index contributed by atoms with van der Waals surface area (Å²) in [5.41, 5.74) is 3.36. The van der Waals surface area contributed by atoms with Gasteiger partial charge >= 0.3 is 0 Å². The molecular formula is C13H14OS2. The van der Waals surface area contributed by atoms with Crippen molar-refractivity contribution in [1.29, 1.82) is 0 Å². The number of carbonyl (C=O) groups excluding carboxylic acids is 1. The van der Waals surface area contributed by atoms with Crippen LogP contribution in [-0.2, 0) is 6.42 Å². The van der Waals surface area contributed by atoms with E-state index < -0.39 is 0 Å². The van der Waals surface area contributed by atoms with Gasteiger partial charge in [0.1, 0.15) is 0 Å². The molecule has 0 amide bonds. The molecule has 0 radical (unpaired) electrons. The number of ketones is 1. The second-order valence-electron chi connectivity index (χ2n) is 3.93. The van der Waals surface area contributed by atoms with Gasteiger partial charge in [-0.2, -0.15) is 0 Å². The molecule has 16 heavy (non-hydrogen) atoms. The number of fused-ring (bicyclic) bond motifs is 1. The quantitative estimate of drug-likeness (QED) is 0.736.